The van der Waals surface area contributed by atoms with E-state index in [0.717, 1.165) is 5.56 Å². The zero-order chi connectivity index (χ0) is 18.0. The maximum atomic E-state index is 13.3. The summed E-state index contributed by atoms with van der Waals surface area (Å²) in [5.41, 5.74) is -0.274. The summed E-state index contributed by atoms with van der Waals surface area (Å²) >= 11 is 0. The quantitative estimate of drug-likeness (QED) is 0.848. The number of aliphatic carboxylic acids is 1. The molecule has 1 spiro atoms. The number of carboxylic acids is 1. The lowest BCUT2D eigenvalue weighted by atomic mass is 9.66. The number of Topliss-reactive ketones (excluding diaryl/α,β-unsaturated/α-hetero) is 1. The van der Waals surface area contributed by atoms with Crippen LogP contribution in [0.4, 0.5) is 0 Å². The molecule has 6 nitrogen and oxygen atoms in total. The molecule has 1 N–H and O–H groups in total. The molecule has 1 aromatic rings. The molecule has 4 unspecified atom stereocenters. The van der Waals surface area contributed by atoms with Crippen LogP contribution in [0, 0.1) is 11.3 Å². The van der Waals surface area contributed by atoms with Gasteiger partial charge in [0.1, 0.15) is 11.4 Å². The van der Waals surface area contributed by atoms with E-state index in [2.05, 4.69) is 0 Å². The Balaban J connectivity index is 1.82. The Morgan fingerprint density at radius 1 is 1.32 bits per heavy atom. The Morgan fingerprint density at radius 2 is 2.08 bits per heavy atom. The molecule has 4 atom stereocenters. The Hall–Kier alpha value is -2.37. The summed E-state index contributed by atoms with van der Waals surface area (Å²) < 4.78 is 10.8. The van der Waals surface area contributed by atoms with Crippen LogP contribution in [-0.4, -0.2) is 35.5 Å². The lowest BCUT2D eigenvalue weighted by molar-refractivity contribution is -0.171. The van der Waals surface area contributed by atoms with E-state index < -0.39 is 28.9 Å². The van der Waals surface area contributed by atoms with Crippen molar-refractivity contribution in [1.82, 2.24) is 0 Å². The van der Waals surface area contributed by atoms with Crippen LogP contribution in [0.2, 0.25) is 0 Å². The first-order valence-corrected chi connectivity index (χ1v) is 8.48. The minimum Gasteiger partial charge on any atom is -0.497 e. The van der Waals surface area contributed by atoms with Gasteiger partial charge in [-0.25, -0.2) is 0 Å². The summed E-state index contributed by atoms with van der Waals surface area (Å²) in [7, 11) is 1.55. The van der Waals surface area contributed by atoms with Gasteiger partial charge < -0.3 is 14.6 Å². The van der Waals surface area contributed by atoms with Crippen molar-refractivity contribution < 1.29 is 29.0 Å². The van der Waals surface area contributed by atoms with E-state index in [-0.39, 0.29) is 24.5 Å². The van der Waals surface area contributed by atoms with Crippen molar-refractivity contribution in [3.63, 3.8) is 0 Å². The smallest absolute Gasteiger partial charge is 0.310 e. The number of methoxy groups -OCH3 is 1. The normalized spacial score (nSPS) is 35.0. The van der Waals surface area contributed by atoms with E-state index in [9.17, 15) is 19.5 Å². The molecule has 132 valence electrons. The lowest BCUT2D eigenvalue weighted by Crippen LogP contribution is -2.45. The van der Waals surface area contributed by atoms with Crippen molar-refractivity contribution in [3.8, 4) is 5.75 Å². The summed E-state index contributed by atoms with van der Waals surface area (Å²) in [6, 6.07) is 5.49. The Bertz CT molecular complexity index is 799. The number of hydrogen-bond donors (Lipinski definition) is 1. The molecule has 3 aliphatic carbocycles. The molecule has 2 bridgehead atoms. The zero-order valence-corrected chi connectivity index (χ0v) is 14.2. The number of rotatable bonds is 3. The molecule has 0 radical (unpaired) electrons. The second-order valence-corrected chi connectivity index (χ2v) is 7.46. The SMILES string of the molecule is COc1ccc2c(c1)C(=O)C13CC(C(=O)O)C(OC(C)=O)(CCC21)C3. The fourth-order valence-corrected chi connectivity index (χ4v) is 5.44. The highest BCUT2D eigenvalue weighted by atomic mass is 16.6. The molecule has 2 fully saturated rings. The molecular formula is C19H20O6. The van der Waals surface area contributed by atoms with Crippen LogP contribution in [0.5, 0.6) is 5.75 Å². The van der Waals surface area contributed by atoms with Gasteiger partial charge in [-0.2, -0.15) is 0 Å². The predicted molar refractivity (Wildman–Crippen MR) is 86.6 cm³/mol. The third kappa shape index (κ3) is 2.00. The lowest BCUT2D eigenvalue weighted by Gasteiger charge is -2.40. The van der Waals surface area contributed by atoms with Crippen molar-refractivity contribution in [2.45, 2.75) is 44.1 Å². The molecule has 4 rings (SSSR count). The van der Waals surface area contributed by atoms with E-state index in [1.807, 2.05) is 12.1 Å². The summed E-state index contributed by atoms with van der Waals surface area (Å²) in [4.78, 5) is 36.8. The van der Waals surface area contributed by atoms with E-state index in [4.69, 9.17) is 9.47 Å². The summed E-state index contributed by atoms with van der Waals surface area (Å²) in [6.07, 6.45) is 1.62. The first-order chi connectivity index (χ1) is 11.8. The van der Waals surface area contributed by atoms with Gasteiger partial charge in [-0.3, -0.25) is 14.4 Å². The second-order valence-electron chi connectivity index (χ2n) is 7.46. The number of hydrogen-bond acceptors (Lipinski definition) is 5. The van der Waals surface area contributed by atoms with Gasteiger partial charge in [-0.1, -0.05) is 6.07 Å². The average Bonchev–Trinajstić information content (AvgIpc) is 2.96. The third-order valence-corrected chi connectivity index (χ3v) is 6.32. The van der Waals surface area contributed by atoms with Crippen LogP contribution in [0.15, 0.2) is 18.2 Å². The van der Waals surface area contributed by atoms with Crippen molar-refractivity contribution >= 4 is 17.7 Å². The summed E-state index contributed by atoms with van der Waals surface area (Å²) in [5.74, 6) is -1.78. The van der Waals surface area contributed by atoms with Crippen LogP contribution in [0.25, 0.3) is 0 Å². The van der Waals surface area contributed by atoms with Crippen molar-refractivity contribution in [2.24, 2.45) is 11.3 Å². The molecule has 2 saturated carbocycles. The van der Waals surface area contributed by atoms with Crippen LogP contribution in [-0.2, 0) is 14.3 Å². The van der Waals surface area contributed by atoms with Gasteiger partial charge in [0, 0.05) is 24.3 Å². The number of fused-ring (bicyclic) bond motifs is 3. The van der Waals surface area contributed by atoms with Gasteiger partial charge in [-0.05, 0) is 42.9 Å². The average molecular weight is 344 g/mol. The molecule has 0 aliphatic heterocycles. The van der Waals surface area contributed by atoms with Crippen LogP contribution >= 0.6 is 0 Å². The maximum Gasteiger partial charge on any atom is 0.310 e. The highest BCUT2D eigenvalue weighted by Gasteiger charge is 2.70. The Kier molecular flexibility index (Phi) is 3.27. The number of carbonyl (C=O) groups is 3. The second kappa shape index (κ2) is 5.07. The van der Waals surface area contributed by atoms with E-state index >= 15 is 0 Å². The van der Waals surface area contributed by atoms with Crippen molar-refractivity contribution in [3.05, 3.63) is 29.3 Å². The Labute approximate surface area is 145 Å². The van der Waals surface area contributed by atoms with Gasteiger partial charge >= 0.3 is 11.9 Å². The van der Waals surface area contributed by atoms with E-state index in [0.29, 0.717) is 24.2 Å². The maximum absolute atomic E-state index is 13.3. The molecule has 25 heavy (non-hydrogen) atoms. The molecule has 0 heterocycles. The van der Waals surface area contributed by atoms with E-state index in [1.165, 1.54) is 6.92 Å². The van der Waals surface area contributed by atoms with Gasteiger partial charge in [0.2, 0.25) is 0 Å². The van der Waals surface area contributed by atoms with Gasteiger partial charge in [0.15, 0.2) is 5.78 Å². The number of ketones is 1. The van der Waals surface area contributed by atoms with Crippen LogP contribution < -0.4 is 4.74 Å². The minimum atomic E-state index is -1.07. The molecule has 0 aromatic heterocycles. The number of benzene rings is 1. The highest BCUT2D eigenvalue weighted by Crippen LogP contribution is 2.67. The predicted octanol–water partition coefficient (Wildman–Crippen LogP) is 2.55. The summed E-state index contributed by atoms with van der Waals surface area (Å²) in [5, 5.41) is 9.72. The third-order valence-electron chi connectivity index (χ3n) is 6.32. The largest absolute Gasteiger partial charge is 0.497 e. The highest BCUT2D eigenvalue weighted by molar-refractivity contribution is 6.07. The number of esters is 1. The zero-order valence-electron chi connectivity index (χ0n) is 14.2. The molecule has 6 heteroatoms. The fourth-order valence-electron chi connectivity index (χ4n) is 5.44. The van der Waals surface area contributed by atoms with E-state index in [1.54, 1.807) is 13.2 Å². The van der Waals surface area contributed by atoms with Crippen molar-refractivity contribution in [1.29, 1.82) is 0 Å². The molecular weight excluding hydrogens is 324 g/mol. The molecule has 1 aromatic carbocycles. The van der Waals surface area contributed by atoms with Crippen LogP contribution in [0.3, 0.4) is 0 Å². The van der Waals surface area contributed by atoms with Crippen molar-refractivity contribution in [2.75, 3.05) is 7.11 Å². The topological polar surface area (TPSA) is 89.9 Å². The molecule has 0 saturated heterocycles. The number of carboxylic acid groups (broad SMARTS) is 1. The first kappa shape index (κ1) is 16.1. The number of carbonyl (C=O) groups excluding carboxylic acids is 2. The van der Waals surface area contributed by atoms with Gasteiger partial charge in [-0.15, -0.1) is 0 Å². The van der Waals surface area contributed by atoms with Gasteiger partial charge in [0.05, 0.1) is 13.0 Å². The number of ether oxygens (including phenoxy) is 2. The minimum absolute atomic E-state index is 0.0195. The summed E-state index contributed by atoms with van der Waals surface area (Å²) in [6.45, 7) is 1.29. The Morgan fingerprint density at radius 3 is 2.72 bits per heavy atom. The van der Waals surface area contributed by atoms with Crippen LogP contribution in [0.1, 0.15) is 54.4 Å². The molecule has 3 aliphatic rings. The monoisotopic (exact) mass is 344 g/mol. The standard InChI is InChI=1S/C19H20O6/c1-10(20)25-19-6-5-14-12-4-3-11(24-2)7-13(12)16(21)18(14,9-19)8-15(19)17(22)23/h3-4,7,14-15H,5-6,8-9H2,1-2H3,(H,22,23). The fraction of sp³-hybridized carbons (Fsp3) is 0.526. The molecule has 0 amide bonds. The first-order valence-electron chi connectivity index (χ1n) is 8.48. The van der Waals surface area contributed by atoms with Gasteiger partial charge in [0.25, 0.3) is 0 Å².